The highest BCUT2D eigenvalue weighted by atomic mass is 16.5. The summed E-state index contributed by atoms with van der Waals surface area (Å²) in [5.74, 6) is 1.15. The number of carbonyl (C=O) groups excluding carboxylic acids is 1. The maximum absolute atomic E-state index is 12.7. The van der Waals surface area contributed by atoms with Crippen LogP contribution in [-0.2, 0) is 17.6 Å². The van der Waals surface area contributed by atoms with Gasteiger partial charge in [-0.3, -0.25) is 4.79 Å². The Labute approximate surface area is 135 Å². The number of rotatable bonds is 5. The highest BCUT2D eigenvalue weighted by Gasteiger charge is 2.27. The number of hydrogen-bond donors (Lipinski definition) is 1. The largest absolute Gasteiger partial charge is 0.511 e. The molecule has 0 unspecified atom stereocenters. The molecule has 3 rings (SSSR count). The Kier molecular flexibility index (Phi) is 4.06. The number of fused-ring (bicyclic) bond motifs is 1. The predicted octanol–water partition coefficient (Wildman–Crippen LogP) is 3.34. The van der Waals surface area contributed by atoms with E-state index in [9.17, 15) is 9.90 Å². The maximum atomic E-state index is 12.7. The summed E-state index contributed by atoms with van der Waals surface area (Å²) in [5, 5.41) is 10.2. The van der Waals surface area contributed by atoms with Crippen LogP contribution in [0, 0.1) is 0 Å². The second kappa shape index (κ2) is 6.16. The van der Waals surface area contributed by atoms with Gasteiger partial charge in [0.25, 0.3) is 0 Å². The van der Waals surface area contributed by atoms with Crippen LogP contribution in [0.3, 0.4) is 0 Å². The molecular formula is C19H18O4. The van der Waals surface area contributed by atoms with Crippen molar-refractivity contribution < 1.29 is 19.4 Å². The minimum Gasteiger partial charge on any atom is -0.511 e. The number of hydrogen-bond acceptors (Lipinski definition) is 4. The number of methoxy groups -OCH3 is 2. The first-order valence-corrected chi connectivity index (χ1v) is 7.39. The average Bonchev–Trinajstić information content (AvgIpc) is 2.90. The summed E-state index contributed by atoms with van der Waals surface area (Å²) >= 11 is 0. The van der Waals surface area contributed by atoms with E-state index in [1.165, 1.54) is 0 Å². The van der Waals surface area contributed by atoms with Gasteiger partial charge in [0.05, 0.1) is 19.8 Å². The summed E-state index contributed by atoms with van der Waals surface area (Å²) in [6.45, 7) is 0. The van der Waals surface area contributed by atoms with Crippen LogP contribution in [0.15, 0.2) is 48.2 Å². The third-order valence-electron chi connectivity index (χ3n) is 4.05. The molecule has 4 nitrogen and oxygen atoms in total. The van der Waals surface area contributed by atoms with Crippen molar-refractivity contribution in [2.75, 3.05) is 14.2 Å². The van der Waals surface area contributed by atoms with Gasteiger partial charge in [0.1, 0.15) is 5.76 Å². The number of ketones is 1. The van der Waals surface area contributed by atoms with Crippen LogP contribution < -0.4 is 9.47 Å². The molecule has 0 aromatic heterocycles. The van der Waals surface area contributed by atoms with Crippen molar-refractivity contribution in [2.24, 2.45) is 0 Å². The smallest absolute Gasteiger partial charge is 0.171 e. The first-order chi connectivity index (χ1) is 11.2. The lowest BCUT2D eigenvalue weighted by molar-refractivity contribution is -0.113. The second-order valence-corrected chi connectivity index (χ2v) is 5.41. The van der Waals surface area contributed by atoms with Crippen LogP contribution in [0.1, 0.15) is 16.7 Å². The summed E-state index contributed by atoms with van der Waals surface area (Å²) in [6.07, 6.45) is 0.556. The van der Waals surface area contributed by atoms with Gasteiger partial charge < -0.3 is 14.6 Å². The van der Waals surface area contributed by atoms with Gasteiger partial charge in [-0.1, -0.05) is 36.4 Å². The van der Waals surface area contributed by atoms with Gasteiger partial charge in [-0.05, 0) is 17.2 Å². The zero-order valence-corrected chi connectivity index (χ0v) is 13.1. The van der Waals surface area contributed by atoms with Gasteiger partial charge in [-0.15, -0.1) is 0 Å². The van der Waals surface area contributed by atoms with Gasteiger partial charge in [-0.25, -0.2) is 0 Å². The van der Waals surface area contributed by atoms with Crippen molar-refractivity contribution in [1.82, 2.24) is 0 Å². The van der Waals surface area contributed by atoms with Crippen LogP contribution in [0.5, 0.6) is 11.5 Å². The Morgan fingerprint density at radius 3 is 2.61 bits per heavy atom. The minimum atomic E-state index is -0.126. The van der Waals surface area contributed by atoms with E-state index in [1.54, 1.807) is 20.3 Å². The molecule has 1 aliphatic rings. The van der Waals surface area contributed by atoms with Crippen LogP contribution in [0.4, 0.5) is 0 Å². The fourth-order valence-corrected chi connectivity index (χ4v) is 3.01. The van der Waals surface area contributed by atoms with E-state index in [2.05, 4.69) is 0 Å². The summed E-state index contributed by atoms with van der Waals surface area (Å²) in [4.78, 5) is 12.7. The van der Waals surface area contributed by atoms with E-state index in [0.29, 0.717) is 23.5 Å². The molecule has 23 heavy (non-hydrogen) atoms. The molecule has 0 saturated heterocycles. The molecule has 0 atom stereocenters. The van der Waals surface area contributed by atoms with Gasteiger partial charge >= 0.3 is 0 Å². The molecule has 2 aromatic carbocycles. The topological polar surface area (TPSA) is 55.8 Å². The molecule has 2 aromatic rings. The summed E-state index contributed by atoms with van der Waals surface area (Å²) in [5.41, 5.74) is 2.94. The molecule has 4 heteroatoms. The molecule has 1 N–H and O–H groups in total. The number of aliphatic hydroxyl groups excluding tert-OH is 1. The van der Waals surface area contributed by atoms with Crippen molar-refractivity contribution >= 4 is 11.4 Å². The minimum absolute atomic E-state index is 0.126. The van der Waals surface area contributed by atoms with E-state index in [-0.39, 0.29) is 18.0 Å². The molecule has 0 fully saturated rings. The standard InChI is InChI=1S/C19H18O4/c1-22-17-9-5-7-13(19(17)23-2)11-16(21)18-14-8-4-3-6-12(14)10-15(18)20/h3-9,20H,10-11H2,1-2H3. The van der Waals surface area contributed by atoms with Crippen LogP contribution in [0.25, 0.3) is 5.57 Å². The third-order valence-corrected chi connectivity index (χ3v) is 4.05. The highest BCUT2D eigenvalue weighted by Crippen LogP contribution is 2.35. The molecule has 118 valence electrons. The Bertz CT molecular complexity index is 790. The molecule has 0 saturated carbocycles. The fourth-order valence-electron chi connectivity index (χ4n) is 3.01. The first kappa shape index (κ1) is 15.2. The van der Waals surface area contributed by atoms with Crippen molar-refractivity contribution in [3.63, 3.8) is 0 Å². The molecule has 0 spiro atoms. The molecule has 0 amide bonds. The SMILES string of the molecule is COc1cccc(CC(=O)C2=C(O)Cc3ccccc32)c1OC. The number of ether oxygens (including phenoxy) is 2. The van der Waals surface area contributed by atoms with Crippen LogP contribution in [-0.4, -0.2) is 25.1 Å². The molecule has 1 aliphatic carbocycles. The molecule has 0 bridgehead atoms. The molecule has 0 radical (unpaired) electrons. The number of carbonyl (C=O) groups is 1. The number of Topliss-reactive ketones (excluding diaryl/α,β-unsaturated/α-hetero) is 1. The maximum Gasteiger partial charge on any atom is 0.171 e. The Hall–Kier alpha value is -2.75. The Balaban J connectivity index is 1.93. The predicted molar refractivity (Wildman–Crippen MR) is 88.0 cm³/mol. The summed E-state index contributed by atoms with van der Waals surface area (Å²) in [6, 6.07) is 13.0. The normalized spacial score (nSPS) is 13.0. The molecule has 0 aliphatic heterocycles. The number of aliphatic hydroxyl groups is 1. The number of allylic oxidation sites excluding steroid dienone is 2. The fraction of sp³-hybridized carbons (Fsp3) is 0.211. The lowest BCUT2D eigenvalue weighted by atomic mass is 9.97. The van der Waals surface area contributed by atoms with E-state index in [1.807, 2.05) is 36.4 Å². The van der Waals surface area contributed by atoms with Gasteiger partial charge in [-0.2, -0.15) is 0 Å². The third kappa shape index (κ3) is 2.68. The summed E-state index contributed by atoms with van der Waals surface area (Å²) < 4.78 is 10.6. The van der Waals surface area contributed by atoms with Crippen molar-refractivity contribution in [3.05, 3.63) is 64.9 Å². The second-order valence-electron chi connectivity index (χ2n) is 5.41. The van der Waals surface area contributed by atoms with Crippen LogP contribution in [0.2, 0.25) is 0 Å². The van der Waals surface area contributed by atoms with Crippen molar-refractivity contribution in [3.8, 4) is 11.5 Å². The highest BCUT2D eigenvalue weighted by molar-refractivity contribution is 6.23. The number of benzene rings is 2. The lowest BCUT2D eigenvalue weighted by Crippen LogP contribution is -2.08. The Morgan fingerprint density at radius 2 is 1.87 bits per heavy atom. The first-order valence-electron chi connectivity index (χ1n) is 7.39. The summed E-state index contributed by atoms with van der Waals surface area (Å²) in [7, 11) is 3.11. The molecular weight excluding hydrogens is 292 g/mol. The zero-order chi connectivity index (χ0) is 16.4. The monoisotopic (exact) mass is 310 g/mol. The Morgan fingerprint density at radius 1 is 1.09 bits per heavy atom. The van der Waals surface area contributed by atoms with Crippen molar-refractivity contribution in [2.45, 2.75) is 12.8 Å². The molecule has 0 heterocycles. The lowest BCUT2D eigenvalue weighted by Gasteiger charge is -2.12. The zero-order valence-electron chi connectivity index (χ0n) is 13.1. The average molecular weight is 310 g/mol. The van der Waals surface area contributed by atoms with Gasteiger partial charge in [0.2, 0.25) is 0 Å². The van der Waals surface area contributed by atoms with Gasteiger partial charge in [0, 0.05) is 18.4 Å². The van der Waals surface area contributed by atoms with Crippen LogP contribution >= 0.6 is 0 Å². The van der Waals surface area contributed by atoms with E-state index in [4.69, 9.17) is 9.47 Å². The van der Waals surface area contributed by atoms with E-state index < -0.39 is 0 Å². The van der Waals surface area contributed by atoms with Crippen molar-refractivity contribution in [1.29, 1.82) is 0 Å². The quantitative estimate of drug-likeness (QED) is 0.920. The number of para-hydroxylation sites is 1. The van der Waals surface area contributed by atoms with E-state index >= 15 is 0 Å². The van der Waals surface area contributed by atoms with Gasteiger partial charge in [0.15, 0.2) is 17.3 Å². The van der Waals surface area contributed by atoms with E-state index in [0.717, 1.165) is 16.7 Å².